The normalized spacial score (nSPS) is 12.9. The maximum Gasteiger partial charge on any atom is 0.669 e. The zero-order valence-corrected chi connectivity index (χ0v) is 84.1. The number of hydrogen-bond acceptors (Lipinski definition) is 27. The maximum absolute atomic E-state index is 12.7. The van der Waals surface area contributed by atoms with Gasteiger partial charge in [0.2, 0.25) is 0 Å². The van der Waals surface area contributed by atoms with Crippen LogP contribution in [0.15, 0.2) is 0 Å². The van der Waals surface area contributed by atoms with E-state index in [1.54, 1.807) is 21.3 Å². The van der Waals surface area contributed by atoms with Gasteiger partial charge in [0.25, 0.3) is 8.68 Å². The van der Waals surface area contributed by atoms with Gasteiger partial charge >= 0.3 is 88.0 Å². The summed E-state index contributed by atoms with van der Waals surface area (Å²) in [4.78, 5) is 0. The fourth-order valence-corrected chi connectivity index (χ4v) is 75.6. The summed E-state index contributed by atoms with van der Waals surface area (Å²) in [6.45, 7) is 60.2. The lowest BCUT2D eigenvalue weighted by Crippen LogP contribution is -2.63. The first-order valence-electron chi connectivity index (χ1n) is 30.4. The Labute approximate surface area is 654 Å². The van der Waals surface area contributed by atoms with Crippen LogP contribution in [0.3, 0.4) is 0 Å². The second kappa shape index (κ2) is 58.5. The van der Waals surface area contributed by atoms with Crippen molar-refractivity contribution in [3.8, 4) is 0 Å². The summed E-state index contributed by atoms with van der Waals surface area (Å²) >= 11 is 0. The molecular weight excluding hydrogens is 1620 g/mol. The van der Waals surface area contributed by atoms with Crippen molar-refractivity contribution in [3.05, 3.63) is 0 Å². The van der Waals surface area contributed by atoms with Crippen LogP contribution in [0, 0.1) is 0 Å². The van der Waals surface area contributed by atoms with Gasteiger partial charge in [0.15, 0.2) is 58.2 Å². The first-order chi connectivity index (χ1) is 40.8. The molecule has 0 spiro atoms. The van der Waals surface area contributed by atoms with Crippen molar-refractivity contribution >= 4 is 155 Å². The molecule has 0 unspecified atom stereocenters. The van der Waals surface area contributed by atoms with Crippen LogP contribution >= 0.6 is 0 Å². The monoisotopic (exact) mass is 1800 g/mol. The first-order valence-corrected chi connectivity index (χ1v) is 77.4. The van der Waals surface area contributed by atoms with Gasteiger partial charge in [-0.05, 0) is 189 Å². The summed E-state index contributed by atoms with van der Waals surface area (Å²) in [6.07, 6.45) is 0. The highest BCUT2D eigenvalue weighted by Gasteiger charge is 2.57. The van der Waals surface area contributed by atoms with E-state index in [1.807, 2.05) is 59.3 Å². The Morgan fingerprint density at radius 1 is 0.216 bits per heavy atom. The van der Waals surface area contributed by atoms with Crippen LogP contribution in [-0.2, 0) is 116 Å². The molecule has 0 fully saturated rings. The molecule has 0 aliphatic carbocycles. The second-order valence-corrected chi connectivity index (χ2v) is 95.3. The molecule has 27 nitrogen and oxygen atoms in total. The SMILES string of the molecule is C.C.C.C.C.C.C.C.C.C.CC[Si](=O)C[Si](O[Si](C)(C)C)(O[Si](C)(C)C)O[Si](C)(C)C[Si](OC)(OC)OC.CO[Si](OC)(OC)O[Si](C)(C)O[Si](C)(C)C.CO[Si](OC)(OC)O[Si](C)(C)O[Si](C)(C)C.CO[Si](OC)(OC)O[Si](C)(C)O[Si](C)(C)C.CO[Si](OC)(OC)O[Si](C)(C)O[Si](C)(C)C. The summed E-state index contributed by atoms with van der Waals surface area (Å²) in [5.74, 6) is 0. The molecule has 0 rings (SSSR count). The van der Waals surface area contributed by atoms with Gasteiger partial charge in [0.05, 0.1) is 5.67 Å². The molecule has 45 heteroatoms. The Hall–Kier alpha value is 2.66. The van der Waals surface area contributed by atoms with Crippen LogP contribution in [0.5, 0.6) is 0 Å². The smallest absolute Gasteiger partial charge is 0.437 e. The average molecular weight is 1800 g/mol. The van der Waals surface area contributed by atoms with E-state index in [9.17, 15) is 4.46 Å². The van der Waals surface area contributed by atoms with Gasteiger partial charge in [-0.2, -0.15) is 0 Å². The van der Waals surface area contributed by atoms with E-state index in [4.69, 9.17) is 112 Å². The van der Waals surface area contributed by atoms with Crippen molar-refractivity contribution in [2.45, 2.75) is 282 Å². The Balaban J connectivity index is -0.0000000711. The van der Waals surface area contributed by atoms with Gasteiger partial charge in [-0.25, -0.2) is 0 Å². The molecule has 0 aliphatic rings. The molecule has 0 bridgehead atoms. The summed E-state index contributed by atoms with van der Waals surface area (Å²) in [7, 11) is -18.7. The van der Waals surface area contributed by atoms with Crippen LogP contribution in [-0.4, -0.2) is 262 Å². The number of hydrogen-bond donors (Lipinski definition) is 0. The zero-order valence-electron chi connectivity index (χ0n) is 66.1. The fourth-order valence-electron chi connectivity index (χ4n) is 8.65. The highest BCUT2D eigenvalue weighted by Crippen LogP contribution is 2.34. The summed E-state index contributed by atoms with van der Waals surface area (Å²) in [5.41, 5.74) is 0.982. The van der Waals surface area contributed by atoms with E-state index < -0.39 is 155 Å². The molecule has 0 aliphatic heterocycles. The minimum absolute atomic E-state index is 0. The van der Waals surface area contributed by atoms with Crippen LogP contribution in [0.4, 0.5) is 0 Å². The molecule has 0 atom stereocenters. The predicted octanol–water partition coefficient (Wildman–Crippen LogP) is 18.3. The highest BCUT2D eigenvalue weighted by molar-refractivity contribution is 6.96. The van der Waals surface area contributed by atoms with E-state index in [0.717, 1.165) is 0 Å². The van der Waals surface area contributed by atoms with E-state index in [2.05, 4.69) is 131 Å². The third-order valence-corrected chi connectivity index (χ3v) is 67.9. The molecular formula is C57H178O27Si18. The molecule has 0 aromatic carbocycles. The van der Waals surface area contributed by atoms with Crippen LogP contribution < -0.4 is 0 Å². The second-order valence-electron chi connectivity index (χ2n) is 28.8. The maximum atomic E-state index is 12.7. The molecule has 0 aromatic heterocycles. The average Bonchev–Trinajstić information content (AvgIpc) is 0.792. The summed E-state index contributed by atoms with van der Waals surface area (Å²) < 4.78 is 160. The van der Waals surface area contributed by atoms with Gasteiger partial charge in [-0.3, -0.25) is 0 Å². The van der Waals surface area contributed by atoms with Gasteiger partial charge in [0.1, 0.15) is 0 Å². The summed E-state index contributed by atoms with van der Waals surface area (Å²) in [5, 5.41) is 0. The van der Waals surface area contributed by atoms with Crippen LogP contribution in [0.2, 0.25) is 201 Å². The summed E-state index contributed by atoms with van der Waals surface area (Å²) in [6, 6.07) is 0.627. The topological polar surface area (TPSA) is 257 Å². The van der Waals surface area contributed by atoms with Crippen molar-refractivity contribution in [1.29, 1.82) is 0 Å². The molecule has 0 saturated carbocycles. The molecule has 0 aromatic rings. The quantitative estimate of drug-likeness (QED) is 0.0514. The van der Waals surface area contributed by atoms with E-state index in [1.165, 1.54) is 85.3 Å². The first kappa shape index (κ1) is 140. The van der Waals surface area contributed by atoms with E-state index in [0.29, 0.717) is 17.4 Å². The standard InChI is InChI=1S/C15H42O7Si6.4C8H24O5Si3.10CH4/c1-13-23(16)14-27(20-24(5,6)7,21-25(8,9)10)22-26(11,12)15-28(17-2,18-3)19-4;4*1-9-16(10-2,11-3)13-15(7,8)12-14(4,5)6;;;;;;;;;;/h13-15H2,1-12H3;4*1-8H3;10*1H4. The molecule has 0 amide bonds. The molecule has 640 valence electrons. The lowest BCUT2D eigenvalue weighted by molar-refractivity contribution is 0.0401. The fraction of sp³-hybridized carbons (Fsp3) is 1.00. The zero-order chi connectivity index (χ0) is 74.6. The molecule has 102 heavy (non-hydrogen) atoms. The van der Waals surface area contributed by atoms with E-state index in [-0.39, 0.29) is 74.3 Å². The third kappa shape index (κ3) is 66.1. The van der Waals surface area contributed by atoms with Crippen molar-refractivity contribution in [2.75, 3.05) is 107 Å². The van der Waals surface area contributed by atoms with Crippen LogP contribution in [0.25, 0.3) is 0 Å². The highest BCUT2D eigenvalue weighted by atomic mass is 28.5. The van der Waals surface area contributed by atoms with Crippen molar-refractivity contribution in [2.24, 2.45) is 0 Å². The van der Waals surface area contributed by atoms with Crippen molar-refractivity contribution in [3.63, 3.8) is 0 Å². The largest absolute Gasteiger partial charge is 0.669 e. The Morgan fingerprint density at radius 3 is 0.490 bits per heavy atom. The minimum Gasteiger partial charge on any atom is -0.437 e. The van der Waals surface area contributed by atoms with Gasteiger partial charge in [-0.1, -0.05) is 81.2 Å². The van der Waals surface area contributed by atoms with Gasteiger partial charge in [-0.15, -0.1) is 0 Å². The lowest BCUT2D eigenvalue weighted by atomic mass is 11.0. The van der Waals surface area contributed by atoms with Crippen LogP contribution in [0.1, 0.15) is 81.2 Å². The van der Waals surface area contributed by atoms with Gasteiger partial charge in [0, 0.05) is 112 Å². The van der Waals surface area contributed by atoms with E-state index >= 15 is 0 Å². The Bertz CT molecular complexity index is 1740. The van der Waals surface area contributed by atoms with Crippen molar-refractivity contribution in [1.82, 2.24) is 0 Å². The molecule has 0 N–H and O–H groups in total. The van der Waals surface area contributed by atoms with Gasteiger partial charge < -0.3 is 116 Å². The van der Waals surface area contributed by atoms with Crippen molar-refractivity contribution < 1.29 is 116 Å². The Morgan fingerprint density at radius 2 is 0.373 bits per heavy atom. The molecule has 0 radical (unpaired) electrons. The molecule has 0 saturated heterocycles. The minimum atomic E-state index is -3.15. The molecule has 0 heterocycles. The predicted molar refractivity (Wildman–Crippen MR) is 473 cm³/mol. The Kier molecular flexibility index (Phi) is 80.2. The number of rotatable bonds is 42. The lowest BCUT2D eigenvalue weighted by Gasteiger charge is -2.44. The third-order valence-electron chi connectivity index (χ3n) is 10.4.